The molecule has 1 atom stereocenters. The Bertz CT molecular complexity index is 1040. The Morgan fingerprint density at radius 2 is 2.00 bits per heavy atom. The number of nitrogens with one attached hydrogen (secondary N) is 2. The number of carbonyl (C=O) groups is 2. The Hall–Kier alpha value is -3.48. The molecule has 1 fully saturated rings. The number of aromatic amines is 1. The molecule has 7 heteroatoms. The van der Waals surface area contributed by atoms with Crippen LogP contribution in [0, 0.1) is 0 Å². The molecule has 1 unspecified atom stereocenters. The van der Waals surface area contributed by atoms with Gasteiger partial charge < -0.3 is 24.7 Å². The molecule has 7 nitrogen and oxygen atoms in total. The highest BCUT2D eigenvalue weighted by Crippen LogP contribution is 2.35. The summed E-state index contributed by atoms with van der Waals surface area (Å²) in [5.74, 6) is 0.913. The van der Waals surface area contributed by atoms with Gasteiger partial charge in [0, 0.05) is 35.6 Å². The van der Waals surface area contributed by atoms with E-state index in [0.717, 1.165) is 16.5 Å². The van der Waals surface area contributed by atoms with Crippen molar-refractivity contribution in [1.29, 1.82) is 0 Å². The van der Waals surface area contributed by atoms with Crippen LogP contribution >= 0.6 is 0 Å². The van der Waals surface area contributed by atoms with Gasteiger partial charge in [-0.3, -0.25) is 9.59 Å². The lowest BCUT2D eigenvalue weighted by molar-refractivity contribution is -0.147. The number of hydrogen-bond acceptors (Lipinski definition) is 4. The number of nitrogens with zero attached hydrogens (tertiary/aromatic N) is 1. The van der Waals surface area contributed by atoms with E-state index in [0.29, 0.717) is 30.2 Å². The Morgan fingerprint density at radius 3 is 2.68 bits per heavy atom. The number of amides is 2. The van der Waals surface area contributed by atoms with Crippen LogP contribution in [0.1, 0.15) is 18.0 Å². The van der Waals surface area contributed by atoms with E-state index in [1.54, 1.807) is 37.4 Å². The predicted octanol–water partition coefficient (Wildman–Crippen LogP) is 3.10. The lowest BCUT2D eigenvalue weighted by Gasteiger charge is -2.37. The molecule has 2 amide bonds. The first kappa shape index (κ1) is 17.9. The zero-order chi connectivity index (χ0) is 19.7. The molecule has 2 heterocycles. The molecule has 0 spiro atoms. The third-order valence-electron chi connectivity index (χ3n) is 5.03. The van der Waals surface area contributed by atoms with E-state index < -0.39 is 6.04 Å². The molecule has 0 radical (unpaired) electrons. The first-order valence-corrected chi connectivity index (χ1v) is 9.00. The Labute approximate surface area is 162 Å². The quantitative estimate of drug-likeness (QED) is 0.645. The van der Waals surface area contributed by atoms with Crippen LogP contribution in [0.5, 0.6) is 11.5 Å². The summed E-state index contributed by atoms with van der Waals surface area (Å²) in [6, 6.07) is 12.1. The Kier molecular flexibility index (Phi) is 4.65. The maximum atomic E-state index is 13.3. The largest absolute Gasteiger partial charge is 0.497 e. The van der Waals surface area contributed by atoms with Crippen molar-refractivity contribution >= 4 is 28.4 Å². The molecule has 144 valence electrons. The number of methoxy groups -OCH3 is 2. The summed E-state index contributed by atoms with van der Waals surface area (Å²) in [6.07, 6.45) is 2.23. The molecule has 1 aliphatic heterocycles. The number of benzene rings is 2. The van der Waals surface area contributed by atoms with Crippen LogP contribution in [0.2, 0.25) is 0 Å². The molecule has 1 aliphatic rings. The Balaban J connectivity index is 1.74. The van der Waals surface area contributed by atoms with Crippen molar-refractivity contribution in [1.82, 2.24) is 9.88 Å². The summed E-state index contributed by atoms with van der Waals surface area (Å²) < 4.78 is 10.6. The van der Waals surface area contributed by atoms with E-state index in [4.69, 9.17) is 9.47 Å². The first-order chi connectivity index (χ1) is 13.6. The van der Waals surface area contributed by atoms with Crippen molar-refractivity contribution in [3.05, 3.63) is 54.2 Å². The summed E-state index contributed by atoms with van der Waals surface area (Å²) in [5, 5.41) is 3.76. The van der Waals surface area contributed by atoms with Crippen molar-refractivity contribution < 1.29 is 19.1 Å². The van der Waals surface area contributed by atoms with E-state index in [9.17, 15) is 9.59 Å². The highest BCUT2D eigenvalue weighted by atomic mass is 16.5. The fourth-order valence-electron chi connectivity index (χ4n) is 3.48. The average Bonchev–Trinajstić information content (AvgIpc) is 3.13. The standard InChI is InChI=1S/C21H21N3O4/c1-27-13-7-8-16-14(11-13)15(12-22-16)20(24-10-9-19(24)25)21(26)23-17-5-3-4-6-18(17)28-2/h3-8,11-12,20,22H,9-10H2,1-2H3,(H,23,26). The van der Waals surface area contributed by atoms with Gasteiger partial charge in [0.15, 0.2) is 0 Å². The van der Waals surface area contributed by atoms with Crippen LogP contribution in [0.15, 0.2) is 48.7 Å². The molecule has 0 aliphatic carbocycles. The van der Waals surface area contributed by atoms with Crippen LogP contribution in [0.3, 0.4) is 0 Å². The zero-order valence-corrected chi connectivity index (χ0v) is 15.7. The summed E-state index contributed by atoms with van der Waals surface area (Å²) in [6.45, 7) is 0.541. The van der Waals surface area contributed by atoms with Gasteiger partial charge in [0.1, 0.15) is 17.5 Å². The summed E-state index contributed by atoms with van der Waals surface area (Å²) in [7, 11) is 3.14. The second-order valence-electron chi connectivity index (χ2n) is 6.58. The third-order valence-corrected chi connectivity index (χ3v) is 5.03. The third kappa shape index (κ3) is 3.05. The second kappa shape index (κ2) is 7.26. The lowest BCUT2D eigenvalue weighted by Crippen LogP contribution is -2.49. The maximum Gasteiger partial charge on any atom is 0.252 e. The molecular weight excluding hydrogens is 358 g/mol. The average molecular weight is 379 g/mol. The maximum absolute atomic E-state index is 13.3. The smallest absolute Gasteiger partial charge is 0.252 e. The molecule has 3 aromatic rings. The number of fused-ring (bicyclic) bond motifs is 1. The number of rotatable bonds is 6. The minimum Gasteiger partial charge on any atom is -0.497 e. The van der Waals surface area contributed by atoms with Crippen LogP contribution < -0.4 is 14.8 Å². The van der Waals surface area contributed by atoms with Gasteiger partial charge in [-0.15, -0.1) is 0 Å². The number of aromatic nitrogens is 1. The second-order valence-corrected chi connectivity index (χ2v) is 6.58. The number of anilines is 1. The van der Waals surface area contributed by atoms with Gasteiger partial charge >= 0.3 is 0 Å². The van der Waals surface area contributed by atoms with E-state index in [1.807, 2.05) is 30.3 Å². The van der Waals surface area contributed by atoms with Gasteiger partial charge in [0.05, 0.1) is 19.9 Å². The van der Waals surface area contributed by atoms with Gasteiger partial charge in [0.2, 0.25) is 5.91 Å². The molecule has 2 N–H and O–H groups in total. The lowest BCUT2D eigenvalue weighted by atomic mass is 9.99. The van der Waals surface area contributed by atoms with Crippen LogP contribution in [0.4, 0.5) is 5.69 Å². The van der Waals surface area contributed by atoms with Crippen LogP contribution in [0.25, 0.3) is 10.9 Å². The number of para-hydroxylation sites is 2. The monoisotopic (exact) mass is 379 g/mol. The number of hydrogen-bond donors (Lipinski definition) is 2. The number of H-pyrrole nitrogens is 1. The molecule has 28 heavy (non-hydrogen) atoms. The fourth-order valence-corrected chi connectivity index (χ4v) is 3.48. The summed E-state index contributed by atoms with van der Waals surface area (Å²) in [4.78, 5) is 30.2. The molecule has 4 rings (SSSR count). The molecular formula is C21H21N3O4. The van der Waals surface area contributed by atoms with Gasteiger partial charge in [-0.1, -0.05) is 12.1 Å². The zero-order valence-electron chi connectivity index (χ0n) is 15.7. The normalized spacial score (nSPS) is 14.5. The molecule has 0 saturated carbocycles. The van der Waals surface area contributed by atoms with Crippen LogP contribution in [-0.2, 0) is 9.59 Å². The molecule has 0 bridgehead atoms. The summed E-state index contributed by atoms with van der Waals surface area (Å²) >= 11 is 0. The van der Waals surface area contributed by atoms with Crippen molar-refractivity contribution in [2.75, 3.05) is 26.1 Å². The number of carbonyl (C=O) groups excluding carboxylic acids is 2. The molecule has 1 saturated heterocycles. The molecule has 2 aromatic carbocycles. The van der Waals surface area contributed by atoms with Gasteiger partial charge in [-0.2, -0.15) is 0 Å². The number of β-lactam (4-membered cyclic amide) rings is 1. The first-order valence-electron chi connectivity index (χ1n) is 9.00. The van der Waals surface area contributed by atoms with Gasteiger partial charge in [-0.25, -0.2) is 0 Å². The van der Waals surface area contributed by atoms with E-state index in [2.05, 4.69) is 10.3 Å². The fraction of sp³-hybridized carbons (Fsp3) is 0.238. The van der Waals surface area contributed by atoms with E-state index >= 15 is 0 Å². The predicted molar refractivity (Wildman–Crippen MR) is 106 cm³/mol. The number of likely N-dealkylation sites (tertiary alicyclic amines) is 1. The van der Waals surface area contributed by atoms with E-state index in [1.165, 1.54) is 0 Å². The van der Waals surface area contributed by atoms with Gasteiger partial charge in [0.25, 0.3) is 5.91 Å². The SMILES string of the molecule is COc1ccc2[nH]cc(C(C(=O)Nc3ccccc3OC)N3CCC3=O)c2c1. The molecule has 1 aromatic heterocycles. The van der Waals surface area contributed by atoms with Crippen LogP contribution in [-0.4, -0.2) is 42.5 Å². The topological polar surface area (TPSA) is 83.7 Å². The van der Waals surface area contributed by atoms with Gasteiger partial charge in [-0.05, 0) is 30.3 Å². The Morgan fingerprint density at radius 1 is 1.18 bits per heavy atom. The highest BCUT2D eigenvalue weighted by molar-refractivity contribution is 6.02. The minimum atomic E-state index is -0.744. The van der Waals surface area contributed by atoms with E-state index in [-0.39, 0.29) is 11.8 Å². The van der Waals surface area contributed by atoms with Crippen molar-refractivity contribution in [2.24, 2.45) is 0 Å². The number of ether oxygens (including phenoxy) is 2. The van der Waals surface area contributed by atoms with Crippen molar-refractivity contribution in [2.45, 2.75) is 12.5 Å². The summed E-state index contributed by atoms with van der Waals surface area (Å²) in [5.41, 5.74) is 2.17. The highest BCUT2D eigenvalue weighted by Gasteiger charge is 2.38. The van der Waals surface area contributed by atoms with Crippen molar-refractivity contribution in [3.63, 3.8) is 0 Å². The van der Waals surface area contributed by atoms with Crippen molar-refractivity contribution in [3.8, 4) is 11.5 Å². The minimum absolute atomic E-state index is 0.0441.